The number of nitriles is 1. The molecular weight excluding hydrogens is 212 g/mol. The summed E-state index contributed by atoms with van der Waals surface area (Å²) in [6, 6.07) is 5.93. The van der Waals surface area contributed by atoms with Crippen LogP contribution in [0.15, 0.2) is 12.1 Å². The van der Waals surface area contributed by atoms with Crippen LogP contribution in [-0.2, 0) is 11.2 Å². The summed E-state index contributed by atoms with van der Waals surface area (Å²) >= 11 is 0. The third kappa shape index (κ3) is 2.32. The van der Waals surface area contributed by atoms with E-state index in [0.29, 0.717) is 5.69 Å². The number of pyridine rings is 1. The Morgan fingerprint density at radius 2 is 2.24 bits per heavy atom. The van der Waals surface area contributed by atoms with Gasteiger partial charge in [-0.05, 0) is 44.1 Å². The largest absolute Gasteiger partial charge is 0.373 e. The lowest BCUT2D eigenvalue weighted by molar-refractivity contribution is 0.0333. The molecule has 3 nitrogen and oxygen atoms in total. The molecule has 1 fully saturated rings. The van der Waals surface area contributed by atoms with Crippen LogP contribution >= 0.6 is 0 Å². The lowest BCUT2D eigenvalue weighted by Gasteiger charge is -2.25. The average molecular weight is 228 g/mol. The highest BCUT2D eigenvalue weighted by Crippen LogP contribution is 2.35. The predicted octanol–water partition coefficient (Wildman–Crippen LogP) is 2.76. The summed E-state index contributed by atoms with van der Waals surface area (Å²) in [5.41, 5.74) is 2.79. The normalized spacial score (nSPS) is 22.9. The minimum Gasteiger partial charge on any atom is -0.373 e. The van der Waals surface area contributed by atoms with Gasteiger partial charge in [0.2, 0.25) is 0 Å². The second kappa shape index (κ2) is 4.46. The molecule has 0 radical (unpaired) electrons. The molecule has 0 N–H and O–H groups in total. The molecular formula is C14H16N2O. The average Bonchev–Trinajstić information content (AvgIpc) is 3.19. The fourth-order valence-corrected chi connectivity index (χ4v) is 2.39. The maximum absolute atomic E-state index is 8.85. The number of aromatic nitrogens is 1. The van der Waals surface area contributed by atoms with Crippen LogP contribution in [0.2, 0.25) is 0 Å². The molecule has 1 unspecified atom stereocenters. The molecule has 0 aromatic carbocycles. The molecule has 1 aromatic rings. The molecule has 88 valence electrons. The summed E-state index contributed by atoms with van der Waals surface area (Å²) in [5.74, 6) is 0.798. The molecule has 2 aliphatic rings. The summed E-state index contributed by atoms with van der Waals surface area (Å²) in [7, 11) is 0. The van der Waals surface area contributed by atoms with E-state index >= 15 is 0 Å². The lowest BCUT2D eigenvalue weighted by atomic mass is 9.93. The van der Waals surface area contributed by atoms with E-state index in [1.165, 1.54) is 18.4 Å². The van der Waals surface area contributed by atoms with Crippen molar-refractivity contribution in [2.75, 3.05) is 6.61 Å². The molecule has 1 heterocycles. The summed E-state index contributed by atoms with van der Waals surface area (Å²) in [4.78, 5) is 4.38. The second-order valence-electron chi connectivity index (χ2n) is 5.00. The zero-order valence-electron chi connectivity index (χ0n) is 9.85. The van der Waals surface area contributed by atoms with Gasteiger partial charge in [0.1, 0.15) is 11.8 Å². The number of nitrogens with zero attached hydrogens (tertiary/aromatic N) is 2. The highest BCUT2D eigenvalue weighted by molar-refractivity contribution is 5.32. The van der Waals surface area contributed by atoms with E-state index < -0.39 is 0 Å². The molecule has 3 rings (SSSR count). The fourth-order valence-electron chi connectivity index (χ4n) is 2.39. The van der Waals surface area contributed by atoms with Crippen LogP contribution in [0.1, 0.15) is 48.7 Å². The highest BCUT2D eigenvalue weighted by Gasteiger charge is 2.26. The second-order valence-corrected chi connectivity index (χ2v) is 5.00. The van der Waals surface area contributed by atoms with Crippen molar-refractivity contribution in [3.05, 3.63) is 29.1 Å². The van der Waals surface area contributed by atoms with Crippen LogP contribution in [0.3, 0.4) is 0 Å². The van der Waals surface area contributed by atoms with Crippen LogP contribution in [0.5, 0.6) is 0 Å². The van der Waals surface area contributed by atoms with Crippen LogP contribution < -0.4 is 0 Å². The minimum absolute atomic E-state index is 0.208. The van der Waals surface area contributed by atoms with E-state index in [9.17, 15) is 0 Å². The first-order chi connectivity index (χ1) is 8.36. The fraction of sp³-hybridized carbons (Fsp3) is 0.571. The molecule has 17 heavy (non-hydrogen) atoms. The van der Waals surface area contributed by atoms with Gasteiger partial charge in [0, 0.05) is 11.3 Å². The van der Waals surface area contributed by atoms with Crippen molar-refractivity contribution in [2.24, 2.45) is 5.92 Å². The van der Waals surface area contributed by atoms with Crippen molar-refractivity contribution in [1.82, 2.24) is 4.98 Å². The summed E-state index contributed by atoms with van der Waals surface area (Å²) in [5, 5.41) is 8.85. The number of fused-ring (bicyclic) bond motifs is 1. The molecule has 3 heteroatoms. The molecule has 1 saturated carbocycles. The molecule has 1 aromatic heterocycles. The van der Waals surface area contributed by atoms with E-state index in [4.69, 9.17) is 10.00 Å². The van der Waals surface area contributed by atoms with Gasteiger partial charge in [0.05, 0.1) is 12.7 Å². The van der Waals surface area contributed by atoms with Gasteiger partial charge in [-0.15, -0.1) is 0 Å². The minimum atomic E-state index is 0.208. The lowest BCUT2D eigenvalue weighted by Crippen LogP contribution is -2.15. The molecule has 0 spiro atoms. The summed E-state index contributed by atoms with van der Waals surface area (Å²) in [6.07, 6.45) is 6.04. The zero-order chi connectivity index (χ0) is 11.7. The summed E-state index contributed by atoms with van der Waals surface area (Å²) < 4.78 is 5.98. The SMILES string of the molecule is N#Cc1ccc2c(n1)CCCC2OCC1CC1. The monoisotopic (exact) mass is 228 g/mol. The van der Waals surface area contributed by atoms with Gasteiger partial charge in [0.25, 0.3) is 0 Å². The topological polar surface area (TPSA) is 45.9 Å². The van der Waals surface area contributed by atoms with Gasteiger partial charge in [-0.2, -0.15) is 5.26 Å². The van der Waals surface area contributed by atoms with Crippen molar-refractivity contribution in [1.29, 1.82) is 5.26 Å². The van der Waals surface area contributed by atoms with Crippen molar-refractivity contribution >= 4 is 0 Å². The molecule has 0 bridgehead atoms. The Kier molecular flexibility index (Phi) is 2.82. The van der Waals surface area contributed by atoms with Crippen LogP contribution in [0, 0.1) is 17.2 Å². The van der Waals surface area contributed by atoms with Gasteiger partial charge in [-0.1, -0.05) is 6.07 Å². The first-order valence-electron chi connectivity index (χ1n) is 6.38. The van der Waals surface area contributed by atoms with E-state index in [1.54, 1.807) is 6.07 Å². The predicted molar refractivity (Wildman–Crippen MR) is 63.3 cm³/mol. The van der Waals surface area contributed by atoms with Crippen molar-refractivity contribution in [2.45, 2.75) is 38.2 Å². The van der Waals surface area contributed by atoms with Gasteiger partial charge in [-0.3, -0.25) is 0 Å². The number of hydrogen-bond acceptors (Lipinski definition) is 3. The number of ether oxygens (including phenoxy) is 1. The maximum Gasteiger partial charge on any atom is 0.140 e. The van der Waals surface area contributed by atoms with Gasteiger partial charge in [0.15, 0.2) is 0 Å². The third-order valence-corrected chi connectivity index (χ3v) is 3.58. The molecule has 2 aliphatic carbocycles. The van der Waals surface area contributed by atoms with Crippen molar-refractivity contribution < 1.29 is 4.74 Å². The highest BCUT2D eigenvalue weighted by atomic mass is 16.5. The zero-order valence-corrected chi connectivity index (χ0v) is 9.85. The van der Waals surface area contributed by atoms with E-state index in [2.05, 4.69) is 11.1 Å². The van der Waals surface area contributed by atoms with Gasteiger partial charge >= 0.3 is 0 Å². The Morgan fingerprint density at radius 3 is 3.00 bits per heavy atom. The Labute approximate surface area is 101 Å². The van der Waals surface area contributed by atoms with E-state index in [0.717, 1.165) is 37.5 Å². The standard InChI is InChI=1S/C14H16N2O/c15-8-11-6-7-12-13(16-11)2-1-3-14(12)17-9-10-4-5-10/h6-7,10,14H,1-5,9H2. The summed E-state index contributed by atoms with van der Waals surface area (Å²) in [6.45, 7) is 0.893. The molecule has 0 amide bonds. The Morgan fingerprint density at radius 1 is 1.35 bits per heavy atom. The van der Waals surface area contributed by atoms with Crippen LogP contribution in [0.4, 0.5) is 0 Å². The first-order valence-corrected chi connectivity index (χ1v) is 6.38. The Bertz CT molecular complexity index is 460. The maximum atomic E-state index is 8.85. The van der Waals surface area contributed by atoms with Crippen LogP contribution in [-0.4, -0.2) is 11.6 Å². The quantitative estimate of drug-likeness (QED) is 0.799. The number of rotatable bonds is 3. The Balaban J connectivity index is 1.78. The van der Waals surface area contributed by atoms with Crippen molar-refractivity contribution in [3.8, 4) is 6.07 Å². The first kappa shape index (κ1) is 10.7. The molecule has 0 aliphatic heterocycles. The molecule has 1 atom stereocenters. The third-order valence-electron chi connectivity index (χ3n) is 3.58. The van der Waals surface area contributed by atoms with Crippen LogP contribution in [0.25, 0.3) is 0 Å². The molecule has 0 saturated heterocycles. The number of hydrogen-bond donors (Lipinski definition) is 0. The van der Waals surface area contributed by atoms with E-state index in [1.807, 2.05) is 6.07 Å². The number of aryl methyl sites for hydroxylation is 1. The smallest absolute Gasteiger partial charge is 0.140 e. The van der Waals surface area contributed by atoms with Gasteiger partial charge < -0.3 is 4.74 Å². The van der Waals surface area contributed by atoms with E-state index in [-0.39, 0.29) is 6.10 Å². The van der Waals surface area contributed by atoms with Crippen molar-refractivity contribution in [3.63, 3.8) is 0 Å². The van der Waals surface area contributed by atoms with Gasteiger partial charge in [-0.25, -0.2) is 4.98 Å². The Hall–Kier alpha value is -1.40.